The van der Waals surface area contributed by atoms with E-state index in [4.69, 9.17) is 14.0 Å². The molecule has 0 radical (unpaired) electrons. The molecule has 4 aliphatic rings. The molecule has 1 aromatic heterocycles. The number of amides is 1. The van der Waals surface area contributed by atoms with Gasteiger partial charge >= 0.3 is 13.1 Å². The van der Waals surface area contributed by atoms with Gasteiger partial charge in [-0.05, 0) is 93.4 Å². The van der Waals surface area contributed by atoms with Crippen LogP contribution in [-0.4, -0.2) is 42.2 Å². The molecule has 8 heteroatoms. The van der Waals surface area contributed by atoms with E-state index in [0.717, 1.165) is 16.9 Å². The lowest BCUT2D eigenvalue weighted by molar-refractivity contribution is -0.199. The van der Waals surface area contributed by atoms with Crippen molar-refractivity contribution in [3.63, 3.8) is 0 Å². The number of hydrogen-bond donors (Lipinski definition) is 1. The molecule has 1 aliphatic heterocycles. The van der Waals surface area contributed by atoms with Crippen LogP contribution in [0.4, 0.5) is 0 Å². The third-order valence-corrected chi connectivity index (χ3v) is 9.45. The average Bonchev–Trinajstić information content (AvgIpc) is 3.44. The van der Waals surface area contributed by atoms with Gasteiger partial charge < -0.3 is 19.4 Å². The first-order valence-electron chi connectivity index (χ1n) is 13.3. The third kappa shape index (κ3) is 5.25. The summed E-state index contributed by atoms with van der Waals surface area (Å²) in [5.74, 6) is 0.278. The predicted molar refractivity (Wildman–Crippen MR) is 145 cm³/mol. The second-order valence-electron chi connectivity index (χ2n) is 12.7. The van der Waals surface area contributed by atoms with Crippen molar-refractivity contribution in [2.45, 2.75) is 90.5 Å². The number of carbonyl (C=O) groups is 2. The fraction of sp³-hybridized carbons (Fsp3) is 0.586. The van der Waals surface area contributed by atoms with Crippen LogP contribution in [0.25, 0.3) is 0 Å². The van der Waals surface area contributed by atoms with Gasteiger partial charge in [-0.1, -0.05) is 32.0 Å². The molecule has 1 aromatic carbocycles. The Morgan fingerprint density at radius 3 is 2.65 bits per heavy atom. The maximum Gasteiger partial charge on any atom is 0.482 e. The van der Waals surface area contributed by atoms with E-state index in [1.54, 1.807) is 17.4 Å². The molecule has 6 nitrogen and oxygen atoms in total. The van der Waals surface area contributed by atoms with Crippen LogP contribution >= 0.6 is 11.3 Å². The molecule has 3 saturated carbocycles. The zero-order valence-electron chi connectivity index (χ0n) is 22.7. The van der Waals surface area contributed by atoms with E-state index in [1.807, 2.05) is 56.5 Å². The topological polar surface area (TPSA) is 73.9 Å². The van der Waals surface area contributed by atoms with Crippen molar-refractivity contribution >= 4 is 30.3 Å². The summed E-state index contributed by atoms with van der Waals surface area (Å²) >= 11 is 1.57. The van der Waals surface area contributed by atoms with Crippen molar-refractivity contribution in [3.05, 3.63) is 57.8 Å². The molecule has 0 spiro atoms. The molecule has 4 fully saturated rings. The number of esters is 1. The lowest BCUT2D eigenvalue weighted by atomic mass is 9.43. The van der Waals surface area contributed by atoms with E-state index in [2.05, 4.69) is 26.1 Å². The first-order chi connectivity index (χ1) is 17.3. The number of rotatable bonds is 7. The van der Waals surface area contributed by atoms with Crippen LogP contribution in [0, 0.1) is 17.3 Å². The van der Waals surface area contributed by atoms with Gasteiger partial charge in [-0.15, -0.1) is 11.3 Å². The second-order valence-corrected chi connectivity index (χ2v) is 13.7. The van der Waals surface area contributed by atoms with Crippen LogP contribution < -0.4 is 5.32 Å². The van der Waals surface area contributed by atoms with Crippen LogP contribution in [0.1, 0.15) is 75.2 Å². The molecule has 198 valence electrons. The Bertz CT molecular complexity index is 1160. The van der Waals surface area contributed by atoms with E-state index in [1.165, 1.54) is 6.42 Å². The second kappa shape index (κ2) is 9.55. The van der Waals surface area contributed by atoms with Gasteiger partial charge in [0.25, 0.3) is 0 Å². The zero-order valence-corrected chi connectivity index (χ0v) is 23.5. The molecule has 4 unspecified atom stereocenters. The molecule has 1 amide bonds. The number of carbonyl (C=O) groups excluding carboxylic acids is 2. The summed E-state index contributed by atoms with van der Waals surface area (Å²) in [7, 11) is -0.553. The smallest absolute Gasteiger partial charge is 0.456 e. The number of thiophene rings is 1. The fourth-order valence-corrected chi connectivity index (χ4v) is 7.24. The first-order valence-corrected chi connectivity index (χ1v) is 14.2. The van der Waals surface area contributed by atoms with Gasteiger partial charge in [0.2, 0.25) is 5.91 Å². The summed E-state index contributed by atoms with van der Waals surface area (Å²) in [4.78, 5) is 26.8. The Labute approximate surface area is 224 Å². The Hall–Kier alpha value is -2.16. The highest BCUT2D eigenvalue weighted by molar-refractivity contribution is 7.10. The molecule has 3 aliphatic carbocycles. The van der Waals surface area contributed by atoms with Gasteiger partial charge in [-0.2, -0.15) is 0 Å². The van der Waals surface area contributed by atoms with E-state index in [0.29, 0.717) is 30.2 Å². The van der Waals surface area contributed by atoms with Crippen LogP contribution in [0.2, 0.25) is 0 Å². The maximum atomic E-state index is 13.1. The minimum atomic E-state index is -0.572. The molecule has 1 N–H and O–H groups in total. The summed E-state index contributed by atoms with van der Waals surface area (Å²) in [6.45, 7) is 12.4. The van der Waals surface area contributed by atoms with Gasteiger partial charge in [-0.3, -0.25) is 4.79 Å². The molecular formula is C29H38BNO5S. The summed E-state index contributed by atoms with van der Waals surface area (Å²) in [5, 5.41) is 5.19. The number of nitrogens with one attached hydrogen (secondary N) is 1. The van der Waals surface area contributed by atoms with E-state index in [9.17, 15) is 9.59 Å². The lowest BCUT2D eigenvalue weighted by Crippen LogP contribution is -2.65. The molecule has 6 rings (SSSR count). The van der Waals surface area contributed by atoms with Crippen molar-refractivity contribution in [1.82, 2.24) is 5.32 Å². The number of ether oxygens (including phenoxy) is 1. The number of benzene rings is 1. The van der Waals surface area contributed by atoms with Crippen LogP contribution in [0.15, 0.2) is 41.8 Å². The molecule has 1 saturated heterocycles. The van der Waals surface area contributed by atoms with Crippen LogP contribution in [0.5, 0.6) is 0 Å². The summed E-state index contributed by atoms with van der Waals surface area (Å²) in [6, 6.07) is 11.3. The summed E-state index contributed by atoms with van der Waals surface area (Å²) in [6.07, 6.45) is 2.98. The highest BCUT2D eigenvalue weighted by Crippen LogP contribution is 2.65. The van der Waals surface area contributed by atoms with Crippen molar-refractivity contribution in [2.24, 2.45) is 17.3 Å². The maximum absolute atomic E-state index is 13.1. The SMILES string of the molecule is CC(C)(C)OC(=O)c1cccc(CC(NC(=O)Cc2cccs2)B2OC3CC4C[C@H](C4(C)C)C3(C)O2)c1. The zero-order chi connectivity index (χ0) is 26.6. The fourth-order valence-electron chi connectivity index (χ4n) is 6.53. The molecule has 5 atom stereocenters. The Morgan fingerprint density at radius 1 is 1.19 bits per heavy atom. The van der Waals surface area contributed by atoms with Crippen LogP contribution in [0.3, 0.4) is 0 Å². The van der Waals surface area contributed by atoms with E-state index < -0.39 is 12.7 Å². The largest absolute Gasteiger partial charge is 0.482 e. The molecular weight excluding hydrogens is 485 g/mol. The van der Waals surface area contributed by atoms with E-state index in [-0.39, 0.29) is 34.9 Å². The monoisotopic (exact) mass is 523 g/mol. The Morgan fingerprint density at radius 2 is 1.97 bits per heavy atom. The quantitative estimate of drug-likeness (QED) is 0.397. The standard InChI is InChI=1S/C29H38BNO5S/c1-27(2,3)34-26(33)19-10-7-9-18(13-19)14-24(31-25(32)17-21-11-8-12-37-21)30-35-23-16-20-15-22(28(20,4)5)29(23,6)36-30/h7-13,20,22-24H,14-17H2,1-6H3,(H,31,32)/t20?,22-,23?,24?,29?/m1/s1. The average molecular weight is 524 g/mol. The third-order valence-electron chi connectivity index (χ3n) is 8.58. The highest BCUT2D eigenvalue weighted by atomic mass is 32.1. The summed E-state index contributed by atoms with van der Waals surface area (Å²) in [5.41, 5.74) is 0.715. The highest BCUT2D eigenvalue weighted by Gasteiger charge is 2.68. The van der Waals surface area contributed by atoms with Crippen molar-refractivity contribution in [1.29, 1.82) is 0 Å². The van der Waals surface area contributed by atoms with Gasteiger partial charge in [0.1, 0.15) is 5.60 Å². The first kappa shape index (κ1) is 26.5. The minimum Gasteiger partial charge on any atom is -0.456 e. The molecule has 2 aromatic rings. The molecule has 2 bridgehead atoms. The van der Waals surface area contributed by atoms with Gasteiger partial charge in [0.15, 0.2) is 0 Å². The Balaban J connectivity index is 1.36. The van der Waals surface area contributed by atoms with Gasteiger partial charge in [-0.25, -0.2) is 4.79 Å². The number of hydrogen-bond acceptors (Lipinski definition) is 6. The lowest BCUT2D eigenvalue weighted by Gasteiger charge is -2.64. The van der Waals surface area contributed by atoms with Crippen molar-refractivity contribution < 1.29 is 23.6 Å². The Kier molecular flexibility index (Phi) is 6.82. The van der Waals surface area contributed by atoms with Crippen LogP contribution in [-0.2, 0) is 31.7 Å². The van der Waals surface area contributed by atoms with Gasteiger partial charge in [0.05, 0.1) is 29.6 Å². The minimum absolute atomic E-state index is 0.0269. The normalized spacial score (nSPS) is 28.7. The van der Waals surface area contributed by atoms with Crippen molar-refractivity contribution in [2.75, 3.05) is 0 Å². The van der Waals surface area contributed by atoms with E-state index >= 15 is 0 Å². The van der Waals surface area contributed by atoms with Gasteiger partial charge in [0, 0.05) is 4.88 Å². The predicted octanol–water partition coefficient (Wildman–Crippen LogP) is 5.24. The molecule has 2 heterocycles. The molecule has 37 heavy (non-hydrogen) atoms. The summed E-state index contributed by atoms with van der Waals surface area (Å²) < 4.78 is 18.8. The van der Waals surface area contributed by atoms with Crippen molar-refractivity contribution in [3.8, 4) is 0 Å².